The van der Waals surface area contributed by atoms with Crippen molar-refractivity contribution in [2.45, 2.75) is 56.4 Å². The zero-order valence-corrected chi connectivity index (χ0v) is 24.4. The van der Waals surface area contributed by atoms with Gasteiger partial charge in [0.2, 0.25) is 11.7 Å². The second kappa shape index (κ2) is 10.8. The van der Waals surface area contributed by atoms with Crippen molar-refractivity contribution in [3.63, 3.8) is 0 Å². The number of likely N-dealkylation sites (N-methyl/N-ethyl adjacent to an activating group) is 1. The van der Waals surface area contributed by atoms with Crippen LogP contribution in [0.3, 0.4) is 0 Å². The summed E-state index contributed by atoms with van der Waals surface area (Å²) in [6, 6.07) is 6.46. The van der Waals surface area contributed by atoms with E-state index in [0.717, 1.165) is 37.9 Å². The van der Waals surface area contributed by atoms with E-state index in [4.69, 9.17) is 5.73 Å². The number of carbonyl (C=O) groups excluding carboxylic acids is 3. The lowest BCUT2D eigenvalue weighted by molar-refractivity contribution is -0.184. The normalized spacial score (nSPS) is 31.0. The van der Waals surface area contributed by atoms with Crippen molar-refractivity contribution < 1.29 is 34.8 Å². The van der Waals surface area contributed by atoms with E-state index in [-0.39, 0.29) is 29.7 Å². The maximum atomic E-state index is 14.2. The number of Topliss-reactive ketones (excluding diaryl/α,β-unsaturated/α-hetero) is 2. The van der Waals surface area contributed by atoms with Gasteiger partial charge in [-0.25, -0.2) is 0 Å². The van der Waals surface area contributed by atoms with E-state index < -0.39 is 58.7 Å². The van der Waals surface area contributed by atoms with Gasteiger partial charge in [0.25, 0.3) is 0 Å². The lowest BCUT2D eigenvalue weighted by Crippen LogP contribution is -2.73. The van der Waals surface area contributed by atoms with Crippen LogP contribution in [0.4, 0.5) is 0 Å². The number of fused-ring (bicyclic) bond motifs is 3. The Balaban J connectivity index is 1.53. The monoisotopic (exact) mass is 590 g/mol. The van der Waals surface area contributed by atoms with E-state index in [1.807, 2.05) is 18.2 Å². The summed E-state index contributed by atoms with van der Waals surface area (Å²) in [5.74, 6) is -7.47. The van der Waals surface area contributed by atoms with Crippen LogP contribution in [0.15, 0.2) is 36.0 Å². The molecule has 2 aromatic rings. The van der Waals surface area contributed by atoms with E-state index in [1.54, 1.807) is 31.3 Å². The molecule has 2 heterocycles. The molecule has 1 saturated heterocycles. The number of carbonyl (C=O) groups is 3. The molecule has 3 fully saturated rings. The molecule has 1 aromatic carbocycles. The van der Waals surface area contributed by atoms with Crippen LogP contribution >= 0.6 is 0 Å². The second-order valence-electron chi connectivity index (χ2n) is 12.6. The number of benzene rings is 1. The van der Waals surface area contributed by atoms with Gasteiger partial charge < -0.3 is 31.1 Å². The highest BCUT2D eigenvalue weighted by molar-refractivity contribution is 6.25. The molecule has 1 amide bonds. The average molecular weight is 591 g/mol. The lowest BCUT2D eigenvalue weighted by atomic mass is 9.54. The largest absolute Gasteiger partial charge is 0.507 e. The Morgan fingerprint density at radius 1 is 1.16 bits per heavy atom. The number of nitrogens with two attached hydrogens (primary N) is 1. The van der Waals surface area contributed by atoms with E-state index in [2.05, 4.69) is 9.88 Å². The molecule has 1 aromatic heterocycles. The van der Waals surface area contributed by atoms with Crippen molar-refractivity contribution >= 4 is 23.2 Å². The third-order valence-electron chi connectivity index (χ3n) is 9.95. The van der Waals surface area contributed by atoms with E-state index >= 15 is 0 Å². The van der Waals surface area contributed by atoms with Crippen molar-refractivity contribution in [3.8, 4) is 17.0 Å². The van der Waals surface area contributed by atoms with Crippen LogP contribution in [0, 0.1) is 17.8 Å². The molecule has 3 aliphatic carbocycles. The third kappa shape index (κ3) is 4.48. The van der Waals surface area contributed by atoms with Crippen molar-refractivity contribution in [2.75, 3.05) is 27.2 Å². The number of ketones is 2. The minimum absolute atomic E-state index is 0.0656. The number of rotatable bonds is 5. The Hall–Kier alpha value is -3.64. The van der Waals surface area contributed by atoms with Crippen LogP contribution in [-0.4, -0.2) is 97.6 Å². The summed E-state index contributed by atoms with van der Waals surface area (Å²) in [5.41, 5.74) is 5.28. The van der Waals surface area contributed by atoms with Crippen LogP contribution in [0.5, 0.6) is 5.75 Å². The maximum Gasteiger partial charge on any atom is 0.230 e. The van der Waals surface area contributed by atoms with E-state index in [1.165, 1.54) is 0 Å². The quantitative estimate of drug-likeness (QED) is 0.318. The van der Waals surface area contributed by atoms with Crippen molar-refractivity contribution in [1.82, 2.24) is 14.8 Å². The molecule has 6 N–H and O–H groups in total. The fourth-order valence-electron chi connectivity index (χ4n) is 7.96. The number of likely N-dealkylation sites (tertiary alicyclic amines) is 1. The Kier molecular flexibility index (Phi) is 7.40. The zero-order chi connectivity index (χ0) is 30.8. The van der Waals surface area contributed by atoms with Gasteiger partial charge in [-0.2, -0.15) is 0 Å². The SMILES string of the molecule is CN(C)[C@H]1C(O)C(C(N)=O)C(=O)[C@]2(O)C(=O)C3=C(O)c4c(O)c(CN5CCCCC5)cc(-c5ccccn5)c4C[C@@H]3C[C@H]12. The number of nitrogens with zero attached hydrogens (tertiary/aromatic N) is 3. The van der Waals surface area contributed by atoms with Crippen LogP contribution in [-0.2, 0) is 27.3 Å². The molecule has 43 heavy (non-hydrogen) atoms. The second-order valence-corrected chi connectivity index (χ2v) is 12.6. The fraction of sp³-hybridized carbons (Fsp3) is 0.500. The molecule has 6 rings (SSSR count). The highest BCUT2D eigenvalue weighted by atomic mass is 16.3. The molecule has 228 valence electrons. The number of hydrogen-bond donors (Lipinski definition) is 5. The first kappa shape index (κ1) is 29.4. The van der Waals surface area contributed by atoms with E-state index in [0.29, 0.717) is 23.4 Å². The van der Waals surface area contributed by atoms with Gasteiger partial charge in [0.05, 0.1) is 17.4 Å². The average Bonchev–Trinajstić information content (AvgIpc) is 2.97. The molecule has 2 saturated carbocycles. The minimum Gasteiger partial charge on any atom is -0.507 e. The molecule has 1 aliphatic heterocycles. The number of aliphatic hydroxyl groups excluding tert-OH is 2. The first-order valence-electron chi connectivity index (χ1n) is 14.9. The third-order valence-corrected chi connectivity index (χ3v) is 9.95. The maximum absolute atomic E-state index is 14.2. The number of aromatic hydroxyl groups is 1. The molecule has 4 aliphatic rings. The molecule has 11 heteroatoms. The smallest absolute Gasteiger partial charge is 0.230 e. The molecule has 0 spiro atoms. The summed E-state index contributed by atoms with van der Waals surface area (Å²) in [5, 5.41) is 46.4. The summed E-state index contributed by atoms with van der Waals surface area (Å²) in [7, 11) is 3.26. The van der Waals surface area contributed by atoms with Gasteiger partial charge >= 0.3 is 0 Å². The Bertz CT molecular complexity index is 1520. The van der Waals surface area contributed by atoms with Gasteiger partial charge in [0, 0.05) is 41.4 Å². The number of aromatic nitrogens is 1. The highest BCUT2D eigenvalue weighted by Gasteiger charge is 2.67. The standard InChI is InChI=1S/C32H38N4O7/c1-35(2)25-20-14-16-12-19-18(21-8-4-5-9-34-21)13-17(15-36-10-6-3-7-11-36)26(37)23(19)27(38)22(16)29(40)32(20,43)30(41)24(28(25)39)31(33)42/h4-5,8-9,13,16,20,24-25,28,37-39,43H,3,6-7,10-12,14-15H2,1-2H3,(H2,33,42)/t16-,20-,24?,25-,28?,32-/m1/s1. The van der Waals surface area contributed by atoms with Gasteiger partial charge in [-0.05, 0) is 82.5 Å². The van der Waals surface area contributed by atoms with Crippen LogP contribution in [0.2, 0.25) is 0 Å². The molecule has 6 atom stereocenters. The molecule has 0 bridgehead atoms. The molecule has 0 radical (unpaired) electrons. The fourth-order valence-corrected chi connectivity index (χ4v) is 7.96. The van der Waals surface area contributed by atoms with Crippen molar-refractivity contribution in [2.24, 2.45) is 23.5 Å². The summed E-state index contributed by atoms with van der Waals surface area (Å²) < 4.78 is 0. The number of amides is 1. The lowest BCUT2D eigenvalue weighted by Gasteiger charge is -2.53. The molecular formula is C32H38N4O7. The van der Waals surface area contributed by atoms with Crippen LogP contribution in [0.1, 0.15) is 42.4 Å². The van der Waals surface area contributed by atoms with Gasteiger partial charge in [0.15, 0.2) is 11.4 Å². The van der Waals surface area contributed by atoms with Crippen molar-refractivity contribution in [3.05, 3.63) is 52.7 Å². The summed E-state index contributed by atoms with van der Waals surface area (Å²) in [6.07, 6.45) is 3.67. The number of piperidine rings is 1. The number of phenolic OH excluding ortho intramolecular Hbond substituents is 1. The number of aliphatic hydroxyl groups is 3. The number of pyridine rings is 1. The van der Waals surface area contributed by atoms with E-state index in [9.17, 15) is 34.8 Å². The number of hydrogen-bond acceptors (Lipinski definition) is 10. The predicted octanol–water partition coefficient (Wildman–Crippen LogP) is 1.18. The Morgan fingerprint density at radius 3 is 2.51 bits per heavy atom. The summed E-state index contributed by atoms with van der Waals surface area (Å²) >= 11 is 0. The van der Waals surface area contributed by atoms with Crippen LogP contribution < -0.4 is 5.73 Å². The number of phenols is 1. The van der Waals surface area contributed by atoms with Crippen LogP contribution in [0.25, 0.3) is 17.0 Å². The highest BCUT2D eigenvalue weighted by Crippen LogP contribution is 2.53. The zero-order valence-electron chi connectivity index (χ0n) is 24.4. The van der Waals surface area contributed by atoms with Gasteiger partial charge in [0.1, 0.15) is 17.4 Å². The molecule has 11 nitrogen and oxygen atoms in total. The first-order valence-corrected chi connectivity index (χ1v) is 14.9. The first-order chi connectivity index (χ1) is 20.5. The number of primary amides is 1. The van der Waals surface area contributed by atoms with Crippen molar-refractivity contribution in [1.29, 1.82) is 0 Å². The van der Waals surface area contributed by atoms with Gasteiger partial charge in [-0.3, -0.25) is 24.3 Å². The summed E-state index contributed by atoms with van der Waals surface area (Å²) in [4.78, 5) is 48.5. The Labute approximate surface area is 249 Å². The Morgan fingerprint density at radius 2 is 1.88 bits per heavy atom. The minimum atomic E-state index is -2.68. The molecule has 2 unspecified atom stereocenters. The van der Waals surface area contributed by atoms with Gasteiger partial charge in [-0.15, -0.1) is 0 Å². The topological polar surface area (TPSA) is 178 Å². The molecular weight excluding hydrogens is 552 g/mol. The summed E-state index contributed by atoms with van der Waals surface area (Å²) in [6.45, 7) is 2.19. The predicted molar refractivity (Wildman–Crippen MR) is 156 cm³/mol. The van der Waals surface area contributed by atoms with Gasteiger partial charge in [-0.1, -0.05) is 12.5 Å².